The number of pyridine rings is 1. The summed E-state index contributed by atoms with van der Waals surface area (Å²) in [6, 6.07) is 11.4. The fourth-order valence-electron chi connectivity index (χ4n) is 2.32. The Morgan fingerprint density at radius 2 is 1.86 bits per heavy atom. The standard InChI is InChI=1S/C17H16N4O/c1-21(2)17(22)14-5-3-4-13(10-14)16-15(11-19-20-16)12-6-8-18-9-7-12/h3-11H,1-2H3,(H,19,20). The lowest BCUT2D eigenvalue weighted by atomic mass is 10.0. The third-order valence-electron chi connectivity index (χ3n) is 3.42. The molecule has 0 spiro atoms. The first-order chi connectivity index (χ1) is 10.7. The molecule has 0 fully saturated rings. The lowest BCUT2D eigenvalue weighted by Gasteiger charge is -2.11. The highest BCUT2D eigenvalue weighted by molar-refractivity contribution is 5.95. The Labute approximate surface area is 128 Å². The van der Waals surface area contributed by atoms with Gasteiger partial charge in [-0.15, -0.1) is 0 Å². The number of amides is 1. The van der Waals surface area contributed by atoms with Crippen molar-refractivity contribution in [2.45, 2.75) is 0 Å². The molecule has 0 radical (unpaired) electrons. The zero-order valence-electron chi connectivity index (χ0n) is 12.4. The van der Waals surface area contributed by atoms with E-state index in [1.54, 1.807) is 31.4 Å². The molecule has 0 atom stereocenters. The molecule has 0 saturated heterocycles. The second-order valence-electron chi connectivity index (χ2n) is 5.16. The maximum atomic E-state index is 12.1. The highest BCUT2D eigenvalue weighted by Crippen LogP contribution is 2.30. The minimum Gasteiger partial charge on any atom is -0.345 e. The van der Waals surface area contributed by atoms with Crippen molar-refractivity contribution in [3.8, 4) is 22.4 Å². The second kappa shape index (κ2) is 5.81. The van der Waals surface area contributed by atoms with Gasteiger partial charge in [-0.3, -0.25) is 14.9 Å². The minimum atomic E-state index is -0.0251. The van der Waals surface area contributed by atoms with Crippen LogP contribution in [0.3, 0.4) is 0 Å². The van der Waals surface area contributed by atoms with Crippen LogP contribution in [0.1, 0.15) is 10.4 Å². The normalized spacial score (nSPS) is 10.5. The number of carbonyl (C=O) groups excluding carboxylic acids is 1. The summed E-state index contributed by atoms with van der Waals surface area (Å²) in [6.45, 7) is 0. The highest BCUT2D eigenvalue weighted by atomic mass is 16.2. The molecule has 0 unspecified atom stereocenters. The zero-order valence-corrected chi connectivity index (χ0v) is 12.4. The van der Waals surface area contributed by atoms with E-state index in [9.17, 15) is 4.79 Å². The first kappa shape index (κ1) is 14.0. The largest absolute Gasteiger partial charge is 0.345 e. The summed E-state index contributed by atoms with van der Waals surface area (Å²) in [6.07, 6.45) is 5.35. The van der Waals surface area contributed by atoms with E-state index in [1.807, 2.05) is 42.6 Å². The molecule has 1 N–H and O–H groups in total. The molecule has 3 rings (SSSR count). The van der Waals surface area contributed by atoms with Gasteiger partial charge in [0, 0.05) is 49.4 Å². The monoisotopic (exact) mass is 292 g/mol. The summed E-state index contributed by atoms with van der Waals surface area (Å²) in [5.41, 5.74) is 4.38. The van der Waals surface area contributed by atoms with E-state index in [1.165, 1.54) is 0 Å². The molecular formula is C17H16N4O. The van der Waals surface area contributed by atoms with E-state index in [-0.39, 0.29) is 5.91 Å². The molecule has 1 amide bonds. The van der Waals surface area contributed by atoms with Gasteiger partial charge in [-0.1, -0.05) is 12.1 Å². The van der Waals surface area contributed by atoms with Crippen molar-refractivity contribution in [2.24, 2.45) is 0 Å². The van der Waals surface area contributed by atoms with Crippen LogP contribution in [-0.4, -0.2) is 40.1 Å². The summed E-state index contributed by atoms with van der Waals surface area (Å²) in [5.74, 6) is -0.0251. The molecule has 0 aliphatic rings. The fourth-order valence-corrected chi connectivity index (χ4v) is 2.32. The van der Waals surface area contributed by atoms with Gasteiger partial charge >= 0.3 is 0 Å². The Morgan fingerprint density at radius 1 is 1.09 bits per heavy atom. The zero-order chi connectivity index (χ0) is 15.5. The number of nitrogens with zero attached hydrogens (tertiary/aromatic N) is 3. The maximum absolute atomic E-state index is 12.1. The third kappa shape index (κ3) is 2.61. The maximum Gasteiger partial charge on any atom is 0.253 e. The highest BCUT2D eigenvalue weighted by Gasteiger charge is 2.13. The molecule has 2 aromatic heterocycles. The Balaban J connectivity index is 2.05. The number of hydrogen-bond acceptors (Lipinski definition) is 3. The number of H-pyrrole nitrogens is 1. The van der Waals surface area contributed by atoms with Crippen LogP contribution in [0.4, 0.5) is 0 Å². The lowest BCUT2D eigenvalue weighted by Crippen LogP contribution is -2.21. The van der Waals surface area contributed by atoms with Crippen molar-refractivity contribution < 1.29 is 4.79 Å². The van der Waals surface area contributed by atoms with Gasteiger partial charge in [-0.25, -0.2) is 0 Å². The average molecular weight is 292 g/mol. The molecular weight excluding hydrogens is 276 g/mol. The number of hydrogen-bond donors (Lipinski definition) is 1. The third-order valence-corrected chi connectivity index (χ3v) is 3.42. The van der Waals surface area contributed by atoms with Crippen LogP contribution in [0.15, 0.2) is 55.0 Å². The van der Waals surface area contributed by atoms with Crippen molar-refractivity contribution >= 4 is 5.91 Å². The van der Waals surface area contributed by atoms with E-state index in [0.717, 1.165) is 22.4 Å². The summed E-state index contributed by atoms with van der Waals surface area (Å²) in [5, 5.41) is 7.24. The van der Waals surface area contributed by atoms with Gasteiger partial charge in [0.2, 0.25) is 0 Å². The number of nitrogens with one attached hydrogen (secondary N) is 1. The molecule has 3 aromatic rings. The van der Waals surface area contributed by atoms with Crippen molar-refractivity contribution in [3.63, 3.8) is 0 Å². The first-order valence-electron chi connectivity index (χ1n) is 6.93. The molecule has 110 valence electrons. The quantitative estimate of drug-likeness (QED) is 0.807. The minimum absolute atomic E-state index is 0.0251. The van der Waals surface area contributed by atoms with E-state index in [0.29, 0.717) is 5.56 Å². The van der Waals surface area contributed by atoms with E-state index in [4.69, 9.17) is 0 Å². The van der Waals surface area contributed by atoms with Crippen molar-refractivity contribution in [2.75, 3.05) is 14.1 Å². The lowest BCUT2D eigenvalue weighted by molar-refractivity contribution is 0.0827. The molecule has 2 heterocycles. The number of benzene rings is 1. The molecule has 0 aliphatic carbocycles. The van der Waals surface area contributed by atoms with Crippen LogP contribution in [0.25, 0.3) is 22.4 Å². The molecule has 0 bridgehead atoms. The smallest absolute Gasteiger partial charge is 0.253 e. The van der Waals surface area contributed by atoms with Crippen molar-refractivity contribution in [1.29, 1.82) is 0 Å². The van der Waals surface area contributed by atoms with Gasteiger partial charge in [-0.05, 0) is 29.8 Å². The summed E-state index contributed by atoms with van der Waals surface area (Å²) in [4.78, 5) is 17.7. The van der Waals surface area contributed by atoms with E-state index < -0.39 is 0 Å². The fraction of sp³-hybridized carbons (Fsp3) is 0.118. The van der Waals surface area contributed by atoms with Crippen LogP contribution in [-0.2, 0) is 0 Å². The number of aromatic amines is 1. The van der Waals surface area contributed by atoms with Gasteiger partial charge in [0.05, 0.1) is 5.69 Å². The summed E-state index contributed by atoms with van der Waals surface area (Å²) in [7, 11) is 3.48. The first-order valence-corrected chi connectivity index (χ1v) is 6.93. The molecule has 5 nitrogen and oxygen atoms in total. The molecule has 0 aliphatic heterocycles. The molecule has 5 heteroatoms. The Kier molecular flexibility index (Phi) is 3.70. The second-order valence-corrected chi connectivity index (χ2v) is 5.16. The van der Waals surface area contributed by atoms with Crippen LogP contribution >= 0.6 is 0 Å². The summed E-state index contributed by atoms with van der Waals surface area (Å²) >= 11 is 0. The molecule has 0 saturated carbocycles. The van der Waals surface area contributed by atoms with Crippen LogP contribution in [0.2, 0.25) is 0 Å². The van der Waals surface area contributed by atoms with Crippen molar-refractivity contribution in [3.05, 3.63) is 60.6 Å². The predicted molar refractivity (Wildman–Crippen MR) is 85.3 cm³/mol. The summed E-state index contributed by atoms with van der Waals surface area (Å²) < 4.78 is 0. The molecule has 1 aromatic carbocycles. The van der Waals surface area contributed by atoms with Gasteiger partial charge in [-0.2, -0.15) is 5.10 Å². The van der Waals surface area contributed by atoms with Gasteiger partial charge in [0.25, 0.3) is 5.91 Å². The van der Waals surface area contributed by atoms with Crippen molar-refractivity contribution in [1.82, 2.24) is 20.1 Å². The Bertz CT molecular complexity index is 793. The van der Waals surface area contributed by atoms with E-state index >= 15 is 0 Å². The Morgan fingerprint density at radius 3 is 2.59 bits per heavy atom. The SMILES string of the molecule is CN(C)C(=O)c1cccc(-c2n[nH]cc2-c2ccncc2)c1. The number of carbonyl (C=O) groups is 1. The predicted octanol–water partition coefficient (Wildman–Crippen LogP) is 2.84. The van der Waals surface area contributed by atoms with Gasteiger partial charge < -0.3 is 4.90 Å². The van der Waals surface area contributed by atoms with Gasteiger partial charge in [0.15, 0.2) is 0 Å². The van der Waals surface area contributed by atoms with E-state index in [2.05, 4.69) is 15.2 Å². The number of aromatic nitrogens is 3. The Hall–Kier alpha value is -2.95. The van der Waals surface area contributed by atoms with Crippen LogP contribution in [0, 0.1) is 0 Å². The van der Waals surface area contributed by atoms with Crippen LogP contribution in [0.5, 0.6) is 0 Å². The molecule has 22 heavy (non-hydrogen) atoms. The number of rotatable bonds is 3. The topological polar surface area (TPSA) is 61.9 Å². The van der Waals surface area contributed by atoms with Crippen LogP contribution < -0.4 is 0 Å². The van der Waals surface area contributed by atoms with Gasteiger partial charge in [0.1, 0.15) is 0 Å². The average Bonchev–Trinajstić information content (AvgIpc) is 3.04.